The van der Waals surface area contributed by atoms with Crippen molar-refractivity contribution in [3.8, 4) is 11.4 Å². The zero-order valence-corrected chi connectivity index (χ0v) is 15.7. The molecule has 126 valence electrons. The Bertz CT molecular complexity index is 901. The van der Waals surface area contributed by atoms with Crippen LogP contribution in [0.2, 0.25) is 0 Å². The summed E-state index contributed by atoms with van der Waals surface area (Å²) in [4.78, 5) is 12.1. The van der Waals surface area contributed by atoms with E-state index in [2.05, 4.69) is 33.1 Å². The Morgan fingerprint density at radius 2 is 1.96 bits per heavy atom. The molecule has 1 heterocycles. The molecule has 0 atom stereocenters. The van der Waals surface area contributed by atoms with Crippen LogP contribution >= 0.6 is 22.6 Å². The lowest BCUT2D eigenvalue weighted by molar-refractivity contribution is 0.0955. The number of ether oxygens (including phenoxy) is 1. The highest BCUT2D eigenvalue weighted by Crippen LogP contribution is 2.16. The molecule has 0 radical (unpaired) electrons. The first kappa shape index (κ1) is 17.2. The predicted octanol–water partition coefficient (Wildman–Crippen LogP) is 3.85. The number of benzene rings is 2. The number of rotatable bonds is 5. The molecule has 0 spiro atoms. The molecule has 0 bridgehead atoms. The first-order valence-electron chi connectivity index (χ1n) is 7.58. The number of hydrazone groups is 1. The summed E-state index contributed by atoms with van der Waals surface area (Å²) in [5.74, 6) is 0.563. The van der Waals surface area contributed by atoms with Crippen LogP contribution in [0.5, 0.6) is 5.75 Å². The summed E-state index contributed by atoms with van der Waals surface area (Å²) in [5.41, 5.74) is 4.97. The third-order valence-electron chi connectivity index (χ3n) is 3.58. The van der Waals surface area contributed by atoms with Crippen LogP contribution in [-0.2, 0) is 0 Å². The van der Waals surface area contributed by atoms with Gasteiger partial charge in [-0.2, -0.15) is 5.10 Å². The monoisotopic (exact) mass is 445 g/mol. The molecule has 0 saturated heterocycles. The Hall–Kier alpha value is -2.61. The zero-order chi connectivity index (χ0) is 17.6. The highest BCUT2D eigenvalue weighted by molar-refractivity contribution is 14.1. The maximum Gasteiger partial charge on any atom is 0.271 e. The SMILES string of the molecule is COc1ccc(-n2cccc2/C=N\NC(=O)c2cccc(I)c2)cc1. The van der Waals surface area contributed by atoms with E-state index in [9.17, 15) is 4.79 Å². The molecule has 1 N–H and O–H groups in total. The molecular weight excluding hydrogens is 429 g/mol. The lowest BCUT2D eigenvalue weighted by atomic mass is 10.2. The van der Waals surface area contributed by atoms with Gasteiger partial charge >= 0.3 is 0 Å². The van der Waals surface area contributed by atoms with Crippen LogP contribution in [0.3, 0.4) is 0 Å². The van der Waals surface area contributed by atoms with Gasteiger partial charge in [0.2, 0.25) is 0 Å². The van der Waals surface area contributed by atoms with Gasteiger partial charge in [0.25, 0.3) is 5.91 Å². The van der Waals surface area contributed by atoms with Gasteiger partial charge in [-0.05, 0) is 77.2 Å². The number of nitrogens with zero attached hydrogens (tertiary/aromatic N) is 2. The maximum absolute atomic E-state index is 12.1. The van der Waals surface area contributed by atoms with E-state index in [0.29, 0.717) is 5.56 Å². The van der Waals surface area contributed by atoms with Crippen molar-refractivity contribution in [2.45, 2.75) is 0 Å². The zero-order valence-electron chi connectivity index (χ0n) is 13.5. The summed E-state index contributed by atoms with van der Waals surface area (Å²) in [7, 11) is 1.64. The molecule has 1 amide bonds. The van der Waals surface area contributed by atoms with Crippen molar-refractivity contribution in [3.05, 3.63) is 81.7 Å². The minimum absolute atomic E-state index is 0.239. The standard InChI is InChI=1S/C19H16IN3O2/c1-25-18-9-7-16(8-10-18)23-11-3-6-17(23)13-21-22-19(24)14-4-2-5-15(20)12-14/h2-13H,1H3,(H,22,24)/b21-13-. The van der Waals surface area contributed by atoms with Crippen LogP contribution in [0, 0.1) is 3.57 Å². The van der Waals surface area contributed by atoms with E-state index in [1.165, 1.54) is 0 Å². The maximum atomic E-state index is 12.1. The van der Waals surface area contributed by atoms with Crippen molar-refractivity contribution in [3.63, 3.8) is 0 Å². The highest BCUT2D eigenvalue weighted by atomic mass is 127. The van der Waals surface area contributed by atoms with Crippen LogP contribution in [0.15, 0.2) is 72.0 Å². The lowest BCUT2D eigenvalue weighted by Gasteiger charge is -2.07. The smallest absolute Gasteiger partial charge is 0.271 e. The lowest BCUT2D eigenvalue weighted by Crippen LogP contribution is -2.17. The van der Waals surface area contributed by atoms with E-state index < -0.39 is 0 Å². The van der Waals surface area contributed by atoms with Gasteiger partial charge in [0.05, 0.1) is 19.0 Å². The van der Waals surface area contributed by atoms with Gasteiger partial charge in [0.1, 0.15) is 5.75 Å². The van der Waals surface area contributed by atoms with Gasteiger partial charge in [-0.1, -0.05) is 6.07 Å². The van der Waals surface area contributed by atoms with E-state index in [-0.39, 0.29) is 5.91 Å². The van der Waals surface area contributed by atoms with Crippen molar-refractivity contribution in [1.82, 2.24) is 9.99 Å². The van der Waals surface area contributed by atoms with Gasteiger partial charge in [-0.3, -0.25) is 4.79 Å². The molecule has 25 heavy (non-hydrogen) atoms. The van der Waals surface area contributed by atoms with Crippen LogP contribution in [0.25, 0.3) is 5.69 Å². The summed E-state index contributed by atoms with van der Waals surface area (Å²) < 4.78 is 8.15. The van der Waals surface area contributed by atoms with Crippen molar-refractivity contribution in [2.24, 2.45) is 5.10 Å². The van der Waals surface area contributed by atoms with E-state index in [0.717, 1.165) is 20.7 Å². The Kier molecular flexibility index (Phi) is 5.49. The fraction of sp³-hybridized carbons (Fsp3) is 0.0526. The number of nitrogens with one attached hydrogen (secondary N) is 1. The molecule has 3 aromatic rings. The second kappa shape index (κ2) is 7.98. The fourth-order valence-electron chi connectivity index (χ4n) is 2.33. The molecule has 0 fully saturated rings. The fourth-order valence-corrected chi connectivity index (χ4v) is 2.87. The first-order valence-corrected chi connectivity index (χ1v) is 8.66. The first-order chi connectivity index (χ1) is 12.2. The second-order valence-corrected chi connectivity index (χ2v) is 6.46. The van der Waals surface area contributed by atoms with E-state index in [1.54, 1.807) is 19.4 Å². The Balaban J connectivity index is 1.72. The van der Waals surface area contributed by atoms with Gasteiger partial charge in [-0.15, -0.1) is 0 Å². The van der Waals surface area contributed by atoms with Crippen molar-refractivity contribution >= 4 is 34.7 Å². The topological polar surface area (TPSA) is 55.6 Å². The third-order valence-corrected chi connectivity index (χ3v) is 4.25. The summed E-state index contributed by atoms with van der Waals surface area (Å²) in [6, 6.07) is 18.9. The second-order valence-electron chi connectivity index (χ2n) is 5.21. The van der Waals surface area contributed by atoms with Crippen LogP contribution in [0.1, 0.15) is 16.1 Å². The largest absolute Gasteiger partial charge is 0.497 e. The van der Waals surface area contributed by atoms with Gasteiger partial charge in [-0.25, -0.2) is 5.43 Å². The predicted molar refractivity (Wildman–Crippen MR) is 107 cm³/mol. The summed E-state index contributed by atoms with van der Waals surface area (Å²) in [6.45, 7) is 0. The average molecular weight is 445 g/mol. The van der Waals surface area contributed by atoms with Gasteiger partial charge < -0.3 is 9.30 Å². The van der Waals surface area contributed by atoms with Crippen LogP contribution < -0.4 is 10.2 Å². The number of carbonyl (C=O) groups excluding carboxylic acids is 1. The molecule has 0 aliphatic rings. The molecule has 5 nitrogen and oxygen atoms in total. The molecular formula is C19H16IN3O2. The Labute approximate surface area is 159 Å². The van der Waals surface area contributed by atoms with Crippen LogP contribution in [-0.4, -0.2) is 23.8 Å². The minimum Gasteiger partial charge on any atom is -0.497 e. The number of amides is 1. The molecule has 0 saturated carbocycles. The highest BCUT2D eigenvalue weighted by Gasteiger charge is 2.05. The molecule has 0 aliphatic heterocycles. The molecule has 1 aromatic heterocycles. The molecule has 0 aliphatic carbocycles. The molecule has 6 heteroatoms. The third kappa shape index (κ3) is 4.27. The van der Waals surface area contributed by atoms with Crippen molar-refractivity contribution < 1.29 is 9.53 Å². The normalized spacial score (nSPS) is 10.8. The van der Waals surface area contributed by atoms with E-state index in [1.807, 2.05) is 65.4 Å². The quantitative estimate of drug-likeness (QED) is 0.369. The van der Waals surface area contributed by atoms with E-state index in [4.69, 9.17) is 4.74 Å². The number of hydrogen-bond donors (Lipinski definition) is 1. The number of methoxy groups -OCH3 is 1. The van der Waals surface area contributed by atoms with Gasteiger partial charge in [0, 0.05) is 21.0 Å². The Morgan fingerprint density at radius 1 is 1.16 bits per heavy atom. The van der Waals surface area contributed by atoms with E-state index >= 15 is 0 Å². The van der Waals surface area contributed by atoms with Crippen molar-refractivity contribution in [1.29, 1.82) is 0 Å². The number of carbonyl (C=O) groups is 1. The minimum atomic E-state index is -0.239. The molecule has 2 aromatic carbocycles. The van der Waals surface area contributed by atoms with Crippen LogP contribution in [0.4, 0.5) is 0 Å². The summed E-state index contributed by atoms with van der Waals surface area (Å²) in [6.07, 6.45) is 3.56. The molecule has 3 rings (SSSR count). The number of halogens is 1. The van der Waals surface area contributed by atoms with Crippen molar-refractivity contribution in [2.75, 3.05) is 7.11 Å². The summed E-state index contributed by atoms with van der Waals surface area (Å²) in [5, 5.41) is 4.07. The molecule has 0 unspecified atom stereocenters. The number of aromatic nitrogens is 1. The average Bonchev–Trinajstić information content (AvgIpc) is 3.10. The Morgan fingerprint density at radius 3 is 2.68 bits per heavy atom. The van der Waals surface area contributed by atoms with Gasteiger partial charge in [0.15, 0.2) is 0 Å². The summed E-state index contributed by atoms with van der Waals surface area (Å²) >= 11 is 2.17. The number of hydrogen-bond acceptors (Lipinski definition) is 3.